The molecule has 1 aromatic carbocycles. The largest absolute Gasteiger partial charge is 0.378 e. The first-order valence-electron chi connectivity index (χ1n) is 9.25. The van der Waals surface area contributed by atoms with Gasteiger partial charge < -0.3 is 9.64 Å². The summed E-state index contributed by atoms with van der Waals surface area (Å²) in [5, 5.41) is 0. The highest BCUT2D eigenvalue weighted by atomic mass is 32.2. The van der Waals surface area contributed by atoms with Crippen LogP contribution in [0.5, 0.6) is 0 Å². The Balaban J connectivity index is 1.81. The number of piperidine rings is 1. The number of aryl methyl sites for hydroxylation is 3. The molecule has 0 aliphatic carbocycles. The highest BCUT2D eigenvalue weighted by Gasteiger charge is 2.36. The summed E-state index contributed by atoms with van der Waals surface area (Å²) in [6.45, 7) is 8.70. The Bertz CT molecular complexity index is 762. The molecular weight excluding hydrogens is 352 g/mol. The lowest BCUT2D eigenvalue weighted by Crippen LogP contribution is -2.49. The normalized spacial score (nSPS) is 22.4. The third-order valence-corrected chi connectivity index (χ3v) is 7.43. The highest BCUT2D eigenvalue weighted by Crippen LogP contribution is 2.29. The van der Waals surface area contributed by atoms with E-state index in [1.807, 2.05) is 37.8 Å². The van der Waals surface area contributed by atoms with E-state index >= 15 is 0 Å². The van der Waals surface area contributed by atoms with Gasteiger partial charge in [0.2, 0.25) is 15.9 Å². The van der Waals surface area contributed by atoms with Gasteiger partial charge in [0.15, 0.2) is 0 Å². The average molecular weight is 381 g/mol. The first-order chi connectivity index (χ1) is 12.3. The minimum absolute atomic E-state index is 0.0607. The van der Waals surface area contributed by atoms with E-state index in [1.165, 1.54) is 4.31 Å². The summed E-state index contributed by atoms with van der Waals surface area (Å²) in [4.78, 5) is 15.0. The Kier molecular flexibility index (Phi) is 5.69. The molecular formula is C19H28N2O4S. The Morgan fingerprint density at radius 2 is 1.69 bits per heavy atom. The maximum absolute atomic E-state index is 13.3. The fraction of sp³-hybridized carbons (Fsp3) is 0.632. The number of carbonyl (C=O) groups is 1. The highest BCUT2D eigenvalue weighted by molar-refractivity contribution is 7.89. The predicted octanol–water partition coefficient (Wildman–Crippen LogP) is 1.87. The summed E-state index contributed by atoms with van der Waals surface area (Å²) in [6.07, 6.45) is 1.46. The van der Waals surface area contributed by atoms with Crippen LogP contribution in [0.4, 0.5) is 0 Å². The molecule has 7 heteroatoms. The van der Waals surface area contributed by atoms with Crippen molar-refractivity contribution in [2.24, 2.45) is 5.92 Å². The molecule has 0 radical (unpaired) electrons. The van der Waals surface area contributed by atoms with E-state index in [0.29, 0.717) is 44.2 Å². The van der Waals surface area contributed by atoms with Crippen molar-refractivity contribution in [1.82, 2.24) is 9.21 Å². The zero-order valence-corrected chi connectivity index (χ0v) is 16.6. The monoisotopic (exact) mass is 380 g/mol. The van der Waals surface area contributed by atoms with Gasteiger partial charge in [0.05, 0.1) is 24.0 Å². The number of morpholine rings is 1. The number of hydrogen-bond donors (Lipinski definition) is 0. The summed E-state index contributed by atoms with van der Waals surface area (Å²) in [5.74, 6) is -0.201. The van der Waals surface area contributed by atoms with Crippen LogP contribution in [0, 0.1) is 26.7 Å². The quantitative estimate of drug-likeness (QED) is 0.803. The van der Waals surface area contributed by atoms with Crippen molar-refractivity contribution < 1.29 is 17.9 Å². The summed E-state index contributed by atoms with van der Waals surface area (Å²) in [5.41, 5.74) is 2.59. The van der Waals surface area contributed by atoms with Gasteiger partial charge in [-0.15, -0.1) is 0 Å². The SMILES string of the molecule is Cc1cc(C)c(S(=O)(=O)N2CCC[C@@H](C(=O)N3CCOCC3)C2)c(C)c1. The van der Waals surface area contributed by atoms with E-state index < -0.39 is 10.0 Å². The maximum Gasteiger partial charge on any atom is 0.243 e. The van der Waals surface area contributed by atoms with Crippen LogP contribution in [0.25, 0.3) is 0 Å². The lowest BCUT2D eigenvalue weighted by atomic mass is 9.98. The number of sulfonamides is 1. The van der Waals surface area contributed by atoms with E-state index in [-0.39, 0.29) is 18.4 Å². The number of nitrogens with zero attached hydrogens (tertiary/aromatic N) is 2. The van der Waals surface area contributed by atoms with E-state index in [9.17, 15) is 13.2 Å². The van der Waals surface area contributed by atoms with Crippen molar-refractivity contribution in [3.63, 3.8) is 0 Å². The van der Waals surface area contributed by atoms with E-state index in [1.54, 1.807) is 0 Å². The molecule has 1 atom stereocenters. The molecule has 2 aliphatic heterocycles. The van der Waals surface area contributed by atoms with Gasteiger partial charge in [-0.25, -0.2) is 8.42 Å². The first kappa shape index (κ1) is 19.3. The lowest BCUT2D eigenvalue weighted by Gasteiger charge is -2.36. The third-order valence-electron chi connectivity index (χ3n) is 5.26. The van der Waals surface area contributed by atoms with Gasteiger partial charge in [-0.05, 0) is 44.7 Å². The number of benzene rings is 1. The molecule has 144 valence electrons. The zero-order valence-electron chi connectivity index (χ0n) is 15.8. The molecule has 2 heterocycles. The molecule has 1 aromatic rings. The first-order valence-corrected chi connectivity index (χ1v) is 10.7. The minimum atomic E-state index is -3.60. The van der Waals surface area contributed by atoms with Crippen LogP contribution in [0.2, 0.25) is 0 Å². The van der Waals surface area contributed by atoms with Gasteiger partial charge in [-0.3, -0.25) is 4.79 Å². The van der Waals surface area contributed by atoms with E-state index in [4.69, 9.17) is 4.74 Å². The number of carbonyl (C=O) groups excluding carboxylic acids is 1. The minimum Gasteiger partial charge on any atom is -0.378 e. The van der Waals surface area contributed by atoms with Gasteiger partial charge in [-0.2, -0.15) is 4.31 Å². The Labute approximate surface area is 156 Å². The molecule has 26 heavy (non-hydrogen) atoms. The van der Waals surface area contributed by atoms with Gasteiger partial charge in [0.1, 0.15) is 0 Å². The third kappa shape index (κ3) is 3.80. The van der Waals surface area contributed by atoms with Gasteiger partial charge in [0, 0.05) is 26.2 Å². The van der Waals surface area contributed by atoms with Crippen molar-refractivity contribution in [2.45, 2.75) is 38.5 Å². The molecule has 1 amide bonds. The molecule has 6 nitrogen and oxygen atoms in total. The fourth-order valence-electron chi connectivity index (χ4n) is 4.11. The molecule has 2 aliphatic rings. The second kappa shape index (κ2) is 7.66. The summed E-state index contributed by atoms with van der Waals surface area (Å²) in [7, 11) is -3.60. The van der Waals surface area contributed by atoms with Crippen LogP contribution in [0.15, 0.2) is 17.0 Å². The van der Waals surface area contributed by atoms with Crippen LogP contribution < -0.4 is 0 Å². The van der Waals surface area contributed by atoms with Gasteiger partial charge >= 0.3 is 0 Å². The second-order valence-corrected chi connectivity index (χ2v) is 9.24. The number of rotatable bonds is 3. The van der Waals surface area contributed by atoms with E-state index in [2.05, 4.69) is 0 Å². The number of hydrogen-bond acceptors (Lipinski definition) is 4. The van der Waals surface area contributed by atoms with Crippen molar-refractivity contribution in [1.29, 1.82) is 0 Å². The lowest BCUT2D eigenvalue weighted by molar-refractivity contribution is -0.140. The van der Waals surface area contributed by atoms with Crippen LogP contribution in [-0.2, 0) is 19.6 Å². The smallest absolute Gasteiger partial charge is 0.243 e. The molecule has 0 aromatic heterocycles. The fourth-order valence-corrected chi connectivity index (χ4v) is 6.04. The maximum atomic E-state index is 13.3. The van der Waals surface area contributed by atoms with E-state index in [0.717, 1.165) is 23.1 Å². The summed E-state index contributed by atoms with van der Waals surface area (Å²) in [6, 6.07) is 3.81. The topological polar surface area (TPSA) is 66.9 Å². The van der Waals surface area contributed by atoms with Crippen LogP contribution in [-0.4, -0.2) is 62.9 Å². The molecule has 2 fully saturated rings. The van der Waals surface area contributed by atoms with Crippen molar-refractivity contribution in [3.8, 4) is 0 Å². The van der Waals surface area contributed by atoms with Gasteiger partial charge in [-0.1, -0.05) is 17.7 Å². The predicted molar refractivity (Wildman–Crippen MR) is 99.5 cm³/mol. The Morgan fingerprint density at radius 3 is 2.31 bits per heavy atom. The Morgan fingerprint density at radius 1 is 1.08 bits per heavy atom. The molecule has 0 N–H and O–H groups in total. The Hall–Kier alpha value is -1.44. The van der Waals surface area contributed by atoms with Crippen molar-refractivity contribution in [2.75, 3.05) is 39.4 Å². The summed E-state index contributed by atoms with van der Waals surface area (Å²) >= 11 is 0. The number of ether oxygens (including phenoxy) is 1. The van der Waals surface area contributed by atoms with Crippen molar-refractivity contribution >= 4 is 15.9 Å². The zero-order chi connectivity index (χ0) is 18.9. The number of amides is 1. The van der Waals surface area contributed by atoms with Gasteiger partial charge in [0.25, 0.3) is 0 Å². The van der Waals surface area contributed by atoms with Crippen LogP contribution in [0.1, 0.15) is 29.5 Å². The molecule has 3 rings (SSSR count). The van der Waals surface area contributed by atoms with Crippen LogP contribution in [0.3, 0.4) is 0 Å². The average Bonchev–Trinajstić information content (AvgIpc) is 2.61. The standard InChI is InChI=1S/C19H28N2O4S/c1-14-11-15(2)18(16(3)12-14)26(23,24)21-6-4-5-17(13-21)19(22)20-7-9-25-10-8-20/h11-12,17H,4-10,13H2,1-3H3/t17-/m1/s1. The molecule has 0 bridgehead atoms. The molecule has 0 spiro atoms. The molecule has 2 saturated heterocycles. The summed E-state index contributed by atoms with van der Waals surface area (Å²) < 4.78 is 33.3. The molecule has 0 saturated carbocycles. The van der Waals surface area contributed by atoms with Crippen molar-refractivity contribution in [3.05, 3.63) is 28.8 Å². The second-order valence-electron chi connectivity index (χ2n) is 7.37. The molecule has 0 unspecified atom stereocenters. The van der Waals surface area contributed by atoms with Crippen LogP contribution >= 0.6 is 0 Å².